The van der Waals surface area contributed by atoms with E-state index >= 15 is 0 Å². The summed E-state index contributed by atoms with van der Waals surface area (Å²) < 4.78 is 0. The summed E-state index contributed by atoms with van der Waals surface area (Å²) in [4.78, 5) is 0. The van der Waals surface area contributed by atoms with Crippen LogP contribution >= 0.6 is 0 Å². The molecule has 4 nitrogen and oxygen atoms in total. The normalized spacial score (nSPS) is 17.8. The van der Waals surface area contributed by atoms with Crippen molar-refractivity contribution in [1.82, 2.24) is 15.6 Å². The smallest absolute Gasteiger partial charge is 0.0648 e. The van der Waals surface area contributed by atoms with Crippen LogP contribution in [0, 0.1) is 19.8 Å². The largest absolute Gasteiger partial charge is 0.271 e. The highest BCUT2D eigenvalue weighted by atomic mass is 15.2. The van der Waals surface area contributed by atoms with Crippen LogP contribution in [0.15, 0.2) is 6.07 Å². The molecule has 1 aromatic heterocycles. The molecule has 15 heavy (non-hydrogen) atoms. The van der Waals surface area contributed by atoms with Gasteiger partial charge in [-0.2, -0.15) is 10.2 Å². The van der Waals surface area contributed by atoms with E-state index in [2.05, 4.69) is 21.7 Å². The average molecular weight is 206 g/mol. The molecule has 3 N–H and O–H groups in total. The van der Waals surface area contributed by atoms with E-state index in [9.17, 15) is 0 Å². The maximum absolute atomic E-state index is 5.60. The number of nitrogens with zero attached hydrogens (tertiary/aromatic N) is 2. The Morgan fingerprint density at radius 1 is 1.47 bits per heavy atom. The molecule has 1 fully saturated rings. The van der Waals surface area contributed by atoms with E-state index in [-0.39, 0.29) is 6.04 Å². The third-order valence-electron chi connectivity index (χ3n) is 2.98. The van der Waals surface area contributed by atoms with Crippen LogP contribution in [0.3, 0.4) is 0 Å². The van der Waals surface area contributed by atoms with Crippen molar-refractivity contribution in [2.45, 2.75) is 39.2 Å². The highest BCUT2D eigenvalue weighted by Crippen LogP contribution is 2.37. The molecular formula is C11H18N4. The fraction of sp³-hybridized carbons (Fsp3) is 0.636. The maximum atomic E-state index is 5.60. The van der Waals surface area contributed by atoms with Crippen LogP contribution in [0.2, 0.25) is 0 Å². The van der Waals surface area contributed by atoms with Crippen molar-refractivity contribution in [2.24, 2.45) is 11.8 Å². The summed E-state index contributed by atoms with van der Waals surface area (Å²) in [6.45, 7) is 3.94. The Labute approximate surface area is 90.2 Å². The second kappa shape index (κ2) is 4.24. The molecule has 0 aliphatic heterocycles. The van der Waals surface area contributed by atoms with Gasteiger partial charge in [-0.25, -0.2) is 0 Å². The zero-order valence-corrected chi connectivity index (χ0v) is 9.33. The molecule has 0 spiro atoms. The molecule has 1 aliphatic rings. The van der Waals surface area contributed by atoms with Crippen LogP contribution in [-0.4, -0.2) is 10.2 Å². The first-order chi connectivity index (χ1) is 7.20. The standard InChI is InChI=1S/C11H18N4/c1-7-5-10(8(2)15-14-7)11(13-12)6-9-3-4-9/h5,9,11,13H,3-4,6,12H2,1-2H3. The number of rotatable bonds is 4. The molecule has 1 aromatic rings. The number of hydrazine groups is 1. The fourth-order valence-corrected chi connectivity index (χ4v) is 1.89. The van der Waals surface area contributed by atoms with Gasteiger partial charge in [0.2, 0.25) is 0 Å². The first kappa shape index (κ1) is 10.5. The Morgan fingerprint density at radius 3 is 2.80 bits per heavy atom. The average Bonchev–Trinajstić information content (AvgIpc) is 3.02. The number of hydrogen-bond donors (Lipinski definition) is 2. The quantitative estimate of drug-likeness (QED) is 0.577. The van der Waals surface area contributed by atoms with E-state index in [4.69, 9.17) is 5.84 Å². The molecule has 0 amide bonds. The predicted octanol–water partition coefficient (Wildman–Crippen LogP) is 1.40. The van der Waals surface area contributed by atoms with E-state index in [1.165, 1.54) is 18.4 Å². The van der Waals surface area contributed by atoms with Gasteiger partial charge < -0.3 is 0 Å². The fourth-order valence-electron chi connectivity index (χ4n) is 1.89. The molecule has 4 heteroatoms. The van der Waals surface area contributed by atoms with Crippen molar-refractivity contribution in [2.75, 3.05) is 0 Å². The van der Waals surface area contributed by atoms with Crippen molar-refractivity contribution in [3.05, 3.63) is 23.0 Å². The molecule has 82 valence electrons. The topological polar surface area (TPSA) is 63.8 Å². The lowest BCUT2D eigenvalue weighted by Crippen LogP contribution is -2.29. The second-order valence-corrected chi connectivity index (χ2v) is 4.42. The summed E-state index contributed by atoms with van der Waals surface area (Å²) in [5.74, 6) is 6.45. The first-order valence-electron chi connectivity index (χ1n) is 5.47. The summed E-state index contributed by atoms with van der Waals surface area (Å²) in [7, 11) is 0. The van der Waals surface area contributed by atoms with Gasteiger partial charge in [0, 0.05) is 6.04 Å². The minimum absolute atomic E-state index is 0.228. The molecule has 2 rings (SSSR count). The van der Waals surface area contributed by atoms with Crippen LogP contribution in [0.4, 0.5) is 0 Å². The number of nitrogens with two attached hydrogens (primary N) is 1. The van der Waals surface area contributed by atoms with Crippen LogP contribution in [0.5, 0.6) is 0 Å². The summed E-state index contributed by atoms with van der Waals surface area (Å²) >= 11 is 0. The van der Waals surface area contributed by atoms with Gasteiger partial charge in [0.25, 0.3) is 0 Å². The molecular weight excluding hydrogens is 188 g/mol. The van der Waals surface area contributed by atoms with E-state index in [0.717, 1.165) is 23.7 Å². The van der Waals surface area contributed by atoms with Gasteiger partial charge in [-0.15, -0.1) is 0 Å². The number of aromatic nitrogens is 2. The van der Waals surface area contributed by atoms with Crippen molar-refractivity contribution < 1.29 is 0 Å². The zero-order valence-electron chi connectivity index (χ0n) is 9.33. The molecule has 1 aliphatic carbocycles. The highest BCUT2D eigenvalue weighted by Gasteiger charge is 2.26. The van der Waals surface area contributed by atoms with Crippen molar-refractivity contribution in [3.63, 3.8) is 0 Å². The number of hydrogen-bond acceptors (Lipinski definition) is 4. The van der Waals surface area contributed by atoms with Gasteiger partial charge in [-0.05, 0) is 37.8 Å². The summed E-state index contributed by atoms with van der Waals surface area (Å²) in [5.41, 5.74) is 6.01. The molecule has 1 unspecified atom stereocenters. The van der Waals surface area contributed by atoms with Crippen LogP contribution < -0.4 is 11.3 Å². The molecule has 1 atom stereocenters. The van der Waals surface area contributed by atoms with Gasteiger partial charge in [0.1, 0.15) is 0 Å². The minimum Gasteiger partial charge on any atom is -0.271 e. The molecule has 1 heterocycles. The third kappa shape index (κ3) is 2.52. The zero-order chi connectivity index (χ0) is 10.8. The molecule has 0 bridgehead atoms. The lowest BCUT2D eigenvalue weighted by atomic mass is 10.0. The molecule has 0 aromatic carbocycles. The van der Waals surface area contributed by atoms with E-state index in [1.54, 1.807) is 0 Å². The van der Waals surface area contributed by atoms with E-state index in [1.807, 2.05) is 13.8 Å². The lowest BCUT2D eigenvalue weighted by Gasteiger charge is -2.17. The summed E-state index contributed by atoms with van der Waals surface area (Å²) in [6, 6.07) is 2.31. The molecule has 0 saturated heterocycles. The monoisotopic (exact) mass is 206 g/mol. The summed E-state index contributed by atoms with van der Waals surface area (Å²) in [6.07, 6.45) is 3.80. The third-order valence-corrected chi connectivity index (χ3v) is 2.98. The maximum Gasteiger partial charge on any atom is 0.0648 e. The first-order valence-corrected chi connectivity index (χ1v) is 5.47. The van der Waals surface area contributed by atoms with Gasteiger partial charge in [-0.1, -0.05) is 12.8 Å². The number of nitrogens with one attached hydrogen (secondary N) is 1. The Kier molecular flexibility index (Phi) is 2.98. The van der Waals surface area contributed by atoms with Crippen LogP contribution in [-0.2, 0) is 0 Å². The van der Waals surface area contributed by atoms with Gasteiger partial charge in [0.05, 0.1) is 11.4 Å². The SMILES string of the molecule is Cc1cc(C(CC2CC2)NN)c(C)nn1. The molecule has 1 saturated carbocycles. The van der Waals surface area contributed by atoms with Crippen LogP contribution in [0.25, 0.3) is 0 Å². The van der Waals surface area contributed by atoms with Crippen LogP contribution in [0.1, 0.15) is 42.3 Å². The van der Waals surface area contributed by atoms with Crippen molar-refractivity contribution >= 4 is 0 Å². The second-order valence-electron chi connectivity index (χ2n) is 4.42. The Morgan fingerprint density at radius 2 is 2.20 bits per heavy atom. The molecule has 0 radical (unpaired) electrons. The summed E-state index contributed by atoms with van der Waals surface area (Å²) in [5, 5.41) is 8.16. The minimum atomic E-state index is 0.228. The Balaban J connectivity index is 2.19. The van der Waals surface area contributed by atoms with Gasteiger partial charge in [0.15, 0.2) is 0 Å². The number of aryl methyl sites for hydroxylation is 2. The highest BCUT2D eigenvalue weighted by molar-refractivity contribution is 5.23. The predicted molar refractivity (Wildman–Crippen MR) is 58.9 cm³/mol. The van der Waals surface area contributed by atoms with Crippen molar-refractivity contribution in [3.8, 4) is 0 Å². The van der Waals surface area contributed by atoms with Crippen molar-refractivity contribution in [1.29, 1.82) is 0 Å². The lowest BCUT2D eigenvalue weighted by molar-refractivity contribution is 0.482. The van der Waals surface area contributed by atoms with E-state index < -0.39 is 0 Å². The van der Waals surface area contributed by atoms with E-state index in [0.29, 0.717) is 0 Å². The Hall–Kier alpha value is -1.00. The van der Waals surface area contributed by atoms with Gasteiger partial charge >= 0.3 is 0 Å². The van der Waals surface area contributed by atoms with Gasteiger partial charge in [-0.3, -0.25) is 11.3 Å². The Bertz CT molecular complexity index is 346.